The fraction of sp³-hybridized carbons (Fsp3) is 0.143. The summed E-state index contributed by atoms with van der Waals surface area (Å²) in [4.78, 5) is 10.5. The van der Waals surface area contributed by atoms with Crippen molar-refractivity contribution >= 4 is 40.3 Å². The smallest absolute Gasteiger partial charge is 0.293 e. The first-order chi connectivity index (χ1) is 9.97. The Hall–Kier alpha value is -1.98. The van der Waals surface area contributed by atoms with E-state index in [1.807, 2.05) is 24.3 Å². The van der Waals surface area contributed by atoms with Gasteiger partial charge in [-0.1, -0.05) is 35.3 Å². The number of nitro benzene ring substituents is 1. The van der Waals surface area contributed by atoms with Crippen molar-refractivity contribution in [1.29, 1.82) is 0 Å². The van der Waals surface area contributed by atoms with Crippen molar-refractivity contribution in [3.05, 3.63) is 62.1 Å². The van der Waals surface area contributed by atoms with Crippen molar-refractivity contribution in [2.45, 2.75) is 6.42 Å². The average molecular weight is 326 g/mol. The molecule has 5 nitrogen and oxygen atoms in total. The Morgan fingerprint density at radius 1 is 1.14 bits per heavy atom. The van der Waals surface area contributed by atoms with Crippen LogP contribution < -0.4 is 11.1 Å². The van der Waals surface area contributed by atoms with Crippen LogP contribution in [-0.4, -0.2) is 11.5 Å². The molecular weight excluding hydrogens is 313 g/mol. The molecule has 0 bridgehead atoms. The predicted octanol–water partition coefficient (Wildman–Crippen LogP) is 4.14. The second-order valence-electron chi connectivity index (χ2n) is 4.46. The summed E-state index contributed by atoms with van der Waals surface area (Å²) in [5.74, 6) is 0. The molecule has 7 heteroatoms. The quantitative estimate of drug-likeness (QED) is 0.491. The summed E-state index contributed by atoms with van der Waals surface area (Å²) in [6.45, 7) is 0.530. The second-order valence-corrected chi connectivity index (χ2v) is 5.27. The van der Waals surface area contributed by atoms with Crippen molar-refractivity contribution < 1.29 is 4.92 Å². The molecule has 3 N–H and O–H groups in total. The van der Waals surface area contributed by atoms with Gasteiger partial charge in [0, 0.05) is 18.3 Å². The van der Waals surface area contributed by atoms with Gasteiger partial charge in [0.15, 0.2) is 0 Å². The summed E-state index contributed by atoms with van der Waals surface area (Å²) < 4.78 is 0. The molecule has 2 aromatic carbocycles. The van der Waals surface area contributed by atoms with Crippen molar-refractivity contribution in [1.82, 2.24) is 0 Å². The molecule has 0 amide bonds. The van der Waals surface area contributed by atoms with Gasteiger partial charge in [-0.05, 0) is 30.2 Å². The number of nitro groups is 1. The van der Waals surface area contributed by atoms with Crippen LogP contribution in [0.5, 0.6) is 0 Å². The molecule has 0 aliphatic carbocycles. The highest BCUT2D eigenvalue weighted by atomic mass is 35.5. The summed E-state index contributed by atoms with van der Waals surface area (Å²) in [7, 11) is 0. The van der Waals surface area contributed by atoms with Gasteiger partial charge in [-0.25, -0.2) is 0 Å². The van der Waals surface area contributed by atoms with Crippen LogP contribution in [0.2, 0.25) is 10.0 Å². The average Bonchev–Trinajstić information content (AvgIpc) is 2.44. The molecule has 0 unspecified atom stereocenters. The first kappa shape index (κ1) is 15.4. The van der Waals surface area contributed by atoms with E-state index in [4.69, 9.17) is 28.9 Å². The van der Waals surface area contributed by atoms with Gasteiger partial charge in [0.05, 0.1) is 15.0 Å². The van der Waals surface area contributed by atoms with Crippen molar-refractivity contribution in [2.75, 3.05) is 17.6 Å². The van der Waals surface area contributed by atoms with Gasteiger partial charge in [-0.3, -0.25) is 10.1 Å². The number of nitrogens with two attached hydrogens (primary N) is 1. The van der Waals surface area contributed by atoms with Gasteiger partial charge in [0.25, 0.3) is 5.69 Å². The third kappa shape index (κ3) is 4.00. The predicted molar refractivity (Wildman–Crippen MR) is 86.2 cm³/mol. The lowest BCUT2D eigenvalue weighted by atomic mass is 10.1. The summed E-state index contributed by atoms with van der Waals surface area (Å²) in [6.07, 6.45) is 0.706. The van der Waals surface area contributed by atoms with Gasteiger partial charge in [0.2, 0.25) is 0 Å². The molecule has 0 aromatic heterocycles. The van der Waals surface area contributed by atoms with Gasteiger partial charge < -0.3 is 11.1 Å². The number of halogens is 2. The molecule has 0 saturated carbocycles. The molecule has 0 radical (unpaired) electrons. The number of hydrogen-bond donors (Lipinski definition) is 2. The van der Waals surface area contributed by atoms with Crippen LogP contribution in [0.15, 0.2) is 36.4 Å². The third-order valence-corrected chi connectivity index (χ3v) is 3.67. The Kier molecular flexibility index (Phi) is 4.88. The SMILES string of the molecule is Nc1ccc(CCNc2cc(Cl)c(Cl)cc2[N+](=O)[O-])cc1. The molecular formula is C14H13Cl2N3O2. The normalized spacial score (nSPS) is 10.4. The summed E-state index contributed by atoms with van der Waals surface area (Å²) in [6, 6.07) is 10.2. The zero-order chi connectivity index (χ0) is 15.4. The number of nitrogen functional groups attached to an aromatic ring is 1. The summed E-state index contributed by atoms with van der Waals surface area (Å²) in [5.41, 5.74) is 7.65. The van der Waals surface area contributed by atoms with Crippen molar-refractivity contribution in [3.8, 4) is 0 Å². The number of benzene rings is 2. The topological polar surface area (TPSA) is 81.2 Å². The molecule has 0 fully saturated rings. The molecule has 2 rings (SSSR count). The Bertz CT molecular complexity index is 660. The van der Waals surface area contributed by atoms with Gasteiger partial charge in [-0.15, -0.1) is 0 Å². The lowest BCUT2D eigenvalue weighted by Crippen LogP contribution is -2.07. The van der Waals surface area contributed by atoms with E-state index in [-0.39, 0.29) is 15.7 Å². The maximum absolute atomic E-state index is 11.0. The van der Waals surface area contributed by atoms with Crippen LogP contribution in [0.4, 0.5) is 17.1 Å². The Morgan fingerprint density at radius 2 is 1.76 bits per heavy atom. The molecule has 2 aromatic rings. The van der Waals surface area contributed by atoms with Gasteiger partial charge in [0.1, 0.15) is 5.69 Å². The van der Waals surface area contributed by atoms with E-state index >= 15 is 0 Å². The maximum atomic E-state index is 11.0. The first-order valence-corrected chi connectivity index (χ1v) is 6.94. The minimum Gasteiger partial charge on any atom is -0.399 e. The Labute approximate surface area is 131 Å². The van der Waals surface area contributed by atoms with Crippen molar-refractivity contribution in [3.63, 3.8) is 0 Å². The van der Waals surface area contributed by atoms with E-state index in [2.05, 4.69) is 5.32 Å². The first-order valence-electron chi connectivity index (χ1n) is 6.19. The molecule has 110 valence electrons. The van der Waals surface area contributed by atoms with Crippen LogP contribution in [-0.2, 0) is 6.42 Å². The van der Waals surface area contributed by atoms with E-state index in [9.17, 15) is 10.1 Å². The number of anilines is 2. The maximum Gasteiger partial charge on any atom is 0.293 e. The monoisotopic (exact) mass is 325 g/mol. The number of hydrogen-bond acceptors (Lipinski definition) is 4. The molecule has 0 spiro atoms. The molecule has 0 heterocycles. The largest absolute Gasteiger partial charge is 0.399 e. The zero-order valence-corrected chi connectivity index (χ0v) is 12.5. The highest BCUT2D eigenvalue weighted by molar-refractivity contribution is 6.42. The molecule has 0 atom stereocenters. The van der Waals surface area contributed by atoms with Crippen LogP contribution >= 0.6 is 23.2 Å². The van der Waals surface area contributed by atoms with Crippen LogP contribution in [0, 0.1) is 10.1 Å². The highest BCUT2D eigenvalue weighted by Gasteiger charge is 2.16. The molecule has 21 heavy (non-hydrogen) atoms. The van der Waals surface area contributed by atoms with E-state index in [0.717, 1.165) is 5.56 Å². The molecule has 0 saturated heterocycles. The number of nitrogens with zero attached hydrogens (tertiary/aromatic N) is 1. The summed E-state index contributed by atoms with van der Waals surface area (Å²) in [5, 5.41) is 14.5. The van der Waals surface area contributed by atoms with E-state index in [1.54, 1.807) is 0 Å². The number of rotatable bonds is 5. The van der Waals surface area contributed by atoms with Crippen LogP contribution in [0.25, 0.3) is 0 Å². The molecule has 0 aliphatic rings. The minimum atomic E-state index is -0.492. The highest BCUT2D eigenvalue weighted by Crippen LogP contribution is 2.33. The summed E-state index contributed by atoms with van der Waals surface area (Å²) >= 11 is 11.7. The van der Waals surface area contributed by atoms with E-state index < -0.39 is 4.92 Å². The van der Waals surface area contributed by atoms with Crippen LogP contribution in [0.1, 0.15) is 5.56 Å². The Balaban J connectivity index is 2.07. The van der Waals surface area contributed by atoms with Crippen molar-refractivity contribution in [2.24, 2.45) is 0 Å². The lowest BCUT2D eigenvalue weighted by Gasteiger charge is -2.08. The van der Waals surface area contributed by atoms with E-state index in [1.165, 1.54) is 12.1 Å². The minimum absolute atomic E-state index is 0.0956. The number of nitrogens with one attached hydrogen (secondary N) is 1. The fourth-order valence-electron chi connectivity index (χ4n) is 1.85. The van der Waals surface area contributed by atoms with Gasteiger partial charge in [-0.2, -0.15) is 0 Å². The third-order valence-electron chi connectivity index (χ3n) is 2.94. The lowest BCUT2D eigenvalue weighted by molar-refractivity contribution is -0.383. The van der Waals surface area contributed by atoms with Crippen LogP contribution in [0.3, 0.4) is 0 Å². The second kappa shape index (κ2) is 6.65. The zero-order valence-electron chi connectivity index (χ0n) is 11.0. The van der Waals surface area contributed by atoms with Gasteiger partial charge >= 0.3 is 0 Å². The Morgan fingerprint density at radius 3 is 2.38 bits per heavy atom. The molecule has 0 aliphatic heterocycles. The fourth-order valence-corrected chi connectivity index (χ4v) is 2.18. The standard InChI is InChI=1S/C14H13Cl2N3O2/c15-11-7-13(14(19(20)21)8-12(11)16)18-6-5-9-1-3-10(17)4-2-9/h1-4,7-8,18H,5-6,17H2. The van der Waals surface area contributed by atoms with E-state index in [0.29, 0.717) is 24.3 Å².